The lowest BCUT2D eigenvalue weighted by Gasteiger charge is -2.11. The van der Waals surface area contributed by atoms with E-state index in [9.17, 15) is 0 Å². The average Bonchev–Trinajstić information content (AvgIpc) is 2.59. The third kappa shape index (κ3) is 6.10. The smallest absolute Gasteiger partial charge is 0.121 e. The van der Waals surface area contributed by atoms with Gasteiger partial charge in [-0.05, 0) is 49.7 Å². The maximum Gasteiger partial charge on any atom is 0.121 e. The Hall–Kier alpha value is -2.36. The molecule has 0 aromatic heterocycles. The van der Waals surface area contributed by atoms with Gasteiger partial charge in [-0.2, -0.15) is 0 Å². The quantitative estimate of drug-likeness (QED) is 0.638. The molecule has 0 atom stereocenters. The molecule has 0 amide bonds. The van der Waals surface area contributed by atoms with Gasteiger partial charge in [-0.1, -0.05) is 13.0 Å². The first-order chi connectivity index (χ1) is 11.3. The minimum absolute atomic E-state index is 0.684. The largest absolute Gasteiger partial charge is 0.494 e. The van der Waals surface area contributed by atoms with Gasteiger partial charge in [0.1, 0.15) is 11.5 Å². The molecule has 0 bridgehead atoms. The number of nitrogens with one attached hydrogen (secondary N) is 2. The second-order valence-corrected chi connectivity index (χ2v) is 5.19. The highest BCUT2D eigenvalue weighted by atomic mass is 16.5. The summed E-state index contributed by atoms with van der Waals surface area (Å²) in [4.78, 5) is 0. The highest BCUT2D eigenvalue weighted by molar-refractivity contribution is 5.49. The Balaban J connectivity index is 1.71. The molecule has 0 saturated heterocycles. The first-order valence-electron chi connectivity index (χ1n) is 8.25. The minimum Gasteiger partial charge on any atom is -0.494 e. The molecule has 0 heterocycles. The highest BCUT2D eigenvalue weighted by Gasteiger charge is 1.97. The highest BCUT2D eigenvalue weighted by Crippen LogP contribution is 2.17. The Morgan fingerprint density at radius 2 is 1.52 bits per heavy atom. The molecule has 0 unspecified atom stereocenters. The zero-order valence-electron chi connectivity index (χ0n) is 14.0. The van der Waals surface area contributed by atoms with Crippen LogP contribution in [0, 0.1) is 0 Å². The van der Waals surface area contributed by atoms with Crippen LogP contribution in [0.25, 0.3) is 0 Å². The van der Waals surface area contributed by atoms with Crippen LogP contribution in [-0.2, 0) is 0 Å². The zero-order chi connectivity index (χ0) is 16.3. The van der Waals surface area contributed by atoms with Gasteiger partial charge in [-0.25, -0.2) is 0 Å². The summed E-state index contributed by atoms with van der Waals surface area (Å²) in [7, 11) is 0. The predicted molar refractivity (Wildman–Crippen MR) is 96.8 cm³/mol. The Kier molecular flexibility index (Phi) is 7.11. The van der Waals surface area contributed by atoms with Gasteiger partial charge in [0.25, 0.3) is 0 Å². The predicted octanol–water partition coefficient (Wildman–Crippen LogP) is 4.40. The normalized spacial score (nSPS) is 10.2. The Labute approximate surface area is 138 Å². The molecule has 0 aliphatic heterocycles. The molecule has 0 fully saturated rings. The molecule has 0 aliphatic carbocycles. The van der Waals surface area contributed by atoms with Crippen molar-refractivity contribution in [3.63, 3.8) is 0 Å². The molecule has 124 valence electrons. The van der Waals surface area contributed by atoms with E-state index < -0.39 is 0 Å². The van der Waals surface area contributed by atoms with Crippen molar-refractivity contribution in [1.82, 2.24) is 0 Å². The van der Waals surface area contributed by atoms with E-state index in [0.717, 1.165) is 49.0 Å². The van der Waals surface area contributed by atoms with Crippen LogP contribution in [-0.4, -0.2) is 26.3 Å². The maximum atomic E-state index is 5.57. The first-order valence-corrected chi connectivity index (χ1v) is 8.25. The molecule has 2 aromatic rings. The van der Waals surface area contributed by atoms with E-state index in [-0.39, 0.29) is 0 Å². The number of anilines is 2. The molecule has 0 radical (unpaired) electrons. The maximum absolute atomic E-state index is 5.57. The standard InChI is InChI=1S/C19H26N2O2/c1-3-14-23-18-10-8-16(9-11-18)20-12-13-21-17-6-5-7-19(15-17)22-4-2/h5-11,15,20-21H,3-4,12-14H2,1-2H3. The van der Waals surface area contributed by atoms with Crippen molar-refractivity contribution in [3.8, 4) is 11.5 Å². The van der Waals surface area contributed by atoms with Crippen LogP contribution in [0.5, 0.6) is 11.5 Å². The van der Waals surface area contributed by atoms with Gasteiger partial charge in [0, 0.05) is 30.5 Å². The molecule has 2 N–H and O–H groups in total. The van der Waals surface area contributed by atoms with Crippen molar-refractivity contribution < 1.29 is 9.47 Å². The van der Waals surface area contributed by atoms with Crippen LogP contribution < -0.4 is 20.1 Å². The van der Waals surface area contributed by atoms with Gasteiger partial charge in [0.05, 0.1) is 13.2 Å². The lowest BCUT2D eigenvalue weighted by atomic mass is 10.3. The summed E-state index contributed by atoms with van der Waals surface area (Å²) in [5.74, 6) is 1.82. The Morgan fingerprint density at radius 1 is 0.783 bits per heavy atom. The summed E-state index contributed by atoms with van der Waals surface area (Å²) in [6, 6.07) is 16.1. The Bertz CT molecular complexity index is 570. The fraction of sp³-hybridized carbons (Fsp3) is 0.368. The molecule has 0 saturated carbocycles. The number of rotatable bonds is 10. The van der Waals surface area contributed by atoms with Gasteiger partial charge in [0.2, 0.25) is 0 Å². The van der Waals surface area contributed by atoms with Gasteiger partial charge in [0.15, 0.2) is 0 Å². The molecule has 4 heteroatoms. The zero-order valence-corrected chi connectivity index (χ0v) is 14.0. The summed E-state index contributed by atoms with van der Waals surface area (Å²) < 4.78 is 11.1. The lowest BCUT2D eigenvalue weighted by molar-refractivity contribution is 0.317. The van der Waals surface area contributed by atoms with Crippen molar-refractivity contribution in [1.29, 1.82) is 0 Å². The molecule has 2 rings (SSSR count). The summed E-state index contributed by atoms with van der Waals surface area (Å²) in [5, 5.41) is 6.77. The molecule has 0 spiro atoms. The summed E-state index contributed by atoms with van der Waals surface area (Å²) in [6.07, 6.45) is 1.02. The molecule has 4 nitrogen and oxygen atoms in total. The fourth-order valence-electron chi connectivity index (χ4n) is 2.17. The van der Waals surface area contributed by atoms with Gasteiger partial charge >= 0.3 is 0 Å². The second kappa shape index (κ2) is 9.62. The van der Waals surface area contributed by atoms with E-state index in [1.54, 1.807) is 0 Å². The van der Waals surface area contributed by atoms with E-state index in [1.165, 1.54) is 0 Å². The van der Waals surface area contributed by atoms with Crippen molar-refractivity contribution >= 4 is 11.4 Å². The fourth-order valence-corrected chi connectivity index (χ4v) is 2.17. The summed E-state index contributed by atoms with van der Waals surface area (Å²) in [6.45, 7) is 7.22. The van der Waals surface area contributed by atoms with Crippen molar-refractivity contribution in [3.05, 3.63) is 48.5 Å². The van der Waals surface area contributed by atoms with Crippen LogP contribution in [0.3, 0.4) is 0 Å². The van der Waals surface area contributed by atoms with E-state index in [1.807, 2.05) is 55.5 Å². The monoisotopic (exact) mass is 314 g/mol. The first kappa shape index (κ1) is 17.0. The molecule has 2 aromatic carbocycles. The van der Waals surface area contributed by atoms with Gasteiger partial charge in [-0.15, -0.1) is 0 Å². The minimum atomic E-state index is 0.684. The summed E-state index contributed by atoms with van der Waals surface area (Å²) in [5.41, 5.74) is 2.17. The number of hydrogen-bond acceptors (Lipinski definition) is 4. The van der Waals surface area contributed by atoms with Gasteiger partial charge < -0.3 is 20.1 Å². The van der Waals surface area contributed by atoms with Crippen LogP contribution >= 0.6 is 0 Å². The van der Waals surface area contributed by atoms with E-state index in [4.69, 9.17) is 9.47 Å². The average molecular weight is 314 g/mol. The summed E-state index contributed by atoms with van der Waals surface area (Å²) >= 11 is 0. The topological polar surface area (TPSA) is 42.5 Å². The molecular formula is C19H26N2O2. The third-order valence-corrected chi connectivity index (χ3v) is 3.26. The van der Waals surface area contributed by atoms with E-state index in [2.05, 4.69) is 17.6 Å². The Morgan fingerprint density at radius 3 is 2.22 bits per heavy atom. The molecular weight excluding hydrogens is 288 g/mol. The van der Waals surface area contributed by atoms with Crippen molar-refractivity contribution in [2.75, 3.05) is 36.9 Å². The SMILES string of the molecule is CCCOc1ccc(NCCNc2cccc(OCC)c2)cc1. The van der Waals surface area contributed by atoms with Crippen LogP contribution in [0.15, 0.2) is 48.5 Å². The number of ether oxygens (including phenoxy) is 2. The third-order valence-electron chi connectivity index (χ3n) is 3.26. The molecule has 0 aliphatic rings. The van der Waals surface area contributed by atoms with Crippen molar-refractivity contribution in [2.24, 2.45) is 0 Å². The van der Waals surface area contributed by atoms with Gasteiger partial charge in [-0.3, -0.25) is 0 Å². The van der Waals surface area contributed by atoms with E-state index >= 15 is 0 Å². The molecule has 23 heavy (non-hydrogen) atoms. The lowest BCUT2D eigenvalue weighted by Crippen LogP contribution is -2.13. The van der Waals surface area contributed by atoms with Crippen molar-refractivity contribution in [2.45, 2.75) is 20.3 Å². The van der Waals surface area contributed by atoms with Crippen LogP contribution in [0.4, 0.5) is 11.4 Å². The number of hydrogen-bond donors (Lipinski definition) is 2. The van der Waals surface area contributed by atoms with Crippen LogP contribution in [0.2, 0.25) is 0 Å². The van der Waals surface area contributed by atoms with Crippen LogP contribution in [0.1, 0.15) is 20.3 Å². The number of benzene rings is 2. The van der Waals surface area contributed by atoms with E-state index in [0.29, 0.717) is 6.61 Å². The second-order valence-electron chi connectivity index (χ2n) is 5.19.